The topological polar surface area (TPSA) is 40.1 Å². The van der Waals surface area contributed by atoms with Crippen LogP contribution in [0.2, 0.25) is 0 Å². The summed E-state index contributed by atoms with van der Waals surface area (Å²) in [5.74, 6) is 1.77. The minimum Gasteiger partial charge on any atom is -0.306 e. The second kappa shape index (κ2) is 3.85. The van der Waals surface area contributed by atoms with E-state index in [0.717, 1.165) is 36.8 Å². The van der Waals surface area contributed by atoms with E-state index < -0.39 is 0 Å². The molecular weight excluding hydrogens is 222 g/mol. The van der Waals surface area contributed by atoms with Crippen LogP contribution in [0.25, 0.3) is 0 Å². The molecule has 3 rings (SSSR count). The van der Waals surface area contributed by atoms with E-state index in [2.05, 4.69) is 31.8 Å². The van der Waals surface area contributed by atoms with Crippen molar-refractivity contribution in [2.24, 2.45) is 0 Å². The summed E-state index contributed by atoms with van der Waals surface area (Å²) < 4.78 is 2.87. The number of aromatic nitrogens is 3. The van der Waals surface area contributed by atoms with Gasteiger partial charge in [-0.05, 0) is 32.1 Å². The number of H-pyrrole nitrogens is 1. The number of piperazine rings is 1. The summed E-state index contributed by atoms with van der Waals surface area (Å²) in [5, 5.41) is 9.61. The zero-order valence-electron chi connectivity index (χ0n) is 9.52. The third kappa shape index (κ3) is 1.76. The maximum Gasteiger partial charge on any atom is 0.214 e. The van der Waals surface area contributed by atoms with Crippen LogP contribution in [-0.4, -0.2) is 53.0 Å². The van der Waals surface area contributed by atoms with Gasteiger partial charge in [0.25, 0.3) is 0 Å². The highest BCUT2D eigenvalue weighted by atomic mass is 32.1. The molecule has 2 fully saturated rings. The van der Waals surface area contributed by atoms with Gasteiger partial charge in [-0.15, -0.1) is 0 Å². The van der Waals surface area contributed by atoms with Gasteiger partial charge in [0.2, 0.25) is 4.77 Å². The molecule has 0 spiro atoms. The molecule has 1 aromatic rings. The van der Waals surface area contributed by atoms with Crippen molar-refractivity contribution in [3.8, 4) is 0 Å². The SMILES string of the molecule is CN1CCN(n2c(C3CC3)n[nH]c2=S)CC1. The molecular formula is C10H17N5S. The highest BCUT2D eigenvalue weighted by Crippen LogP contribution is 2.38. The maximum absolute atomic E-state index is 5.32. The molecule has 1 N–H and O–H groups in total. The van der Waals surface area contributed by atoms with E-state index in [-0.39, 0.29) is 0 Å². The van der Waals surface area contributed by atoms with Gasteiger partial charge in [-0.25, -0.2) is 4.68 Å². The molecule has 0 atom stereocenters. The lowest BCUT2D eigenvalue weighted by molar-refractivity contribution is 0.285. The van der Waals surface area contributed by atoms with Gasteiger partial charge in [-0.1, -0.05) is 0 Å². The van der Waals surface area contributed by atoms with Gasteiger partial charge in [0.05, 0.1) is 0 Å². The molecule has 2 aliphatic rings. The third-order valence-corrected chi connectivity index (χ3v) is 3.64. The van der Waals surface area contributed by atoms with Crippen LogP contribution in [0.4, 0.5) is 0 Å². The molecule has 88 valence electrons. The summed E-state index contributed by atoms with van der Waals surface area (Å²) in [6.07, 6.45) is 2.51. The fraction of sp³-hybridized carbons (Fsp3) is 0.800. The fourth-order valence-electron chi connectivity index (χ4n) is 2.18. The van der Waals surface area contributed by atoms with Crippen molar-refractivity contribution in [1.82, 2.24) is 19.8 Å². The summed E-state index contributed by atoms with van der Waals surface area (Å²) in [6.45, 7) is 4.25. The molecule has 6 heteroatoms. The van der Waals surface area contributed by atoms with Crippen LogP contribution in [0.5, 0.6) is 0 Å². The van der Waals surface area contributed by atoms with Crippen molar-refractivity contribution in [3.05, 3.63) is 10.6 Å². The van der Waals surface area contributed by atoms with E-state index in [1.807, 2.05) is 0 Å². The molecule has 0 aromatic carbocycles. The number of nitrogens with one attached hydrogen (secondary N) is 1. The van der Waals surface area contributed by atoms with Crippen molar-refractivity contribution >= 4 is 12.2 Å². The lowest BCUT2D eigenvalue weighted by Crippen LogP contribution is -2.50. The monoisotopic (exact) mass is 239 g/mol. The van der Waals surface area contributed by atoms with Crippen LogP contribution < -0.4 is 5.01 Å². The number of likely N-dealkylation sites (N-methyl/N-ethyl adjacent to an activating group) is 1. The van der Waals surface area contributed by atoms with Gasteiger partial charge < -0.3 is 9.91 Å². The number of hydrogen-bond acceptors (Lipinski definition) is 4. The molecule has 0 bridgehead atoms. The van der Waals surface area contributed by atoms with Crippen LogP contribution >= 0.6 is 12.2 Å². The summed E-state index contributed by atoms with van der Waals surface area (Å²) in [7, 11) is 2.16. The lowest BCUT2D eigenvalue weighted by Gasteiger charge is -2.34. The van der Waals surface area contributed by atoms with E-state index in [4.69, 9.17) is 12.2 Å². The van der Waals surface area contributed by atoms with Gasteiger partial charge in [0.1, 0.15) is 0 Å². The Morgan fingerprint density at radius 1 is 1.25 bits per heavy atom. The largest absolute Gasteiger partial charge is 0.306 e. The summed E-state index contributed by atoms with van der Waals surface area (Å²) in [4.78, 5) is 2.34. The zero-order chi connectivity index (χ0) is 11.1. The van der Waals surface area contributed by atoms with Crippen molar-refractivity contribution in [1.29, 1.82) is 0 Å². The first kappa shape index (κ1) is 10.3. The van der Waals surface area contributed by atoms with Crippen LogP contribution in [0.3, 0.4) is 0 Å². The predicted octanol–water partition coefficient (Wildman–Crippen LogP) is 0.701. The minimum absolute atomic E-state index is 0.632. The Balaban J connectivity index is 1.87. The molecule has 0 radical (unpaired) electrons. The maximum atomic E-state index is 5.32. The van der Waals surface area contributed by atoms with Crippen molar-refractivity contribution in [2.45, 2.75) is 18.8 Å². The first-order chi connectivity index (χ1) is 7.75. The highest BCUT2D eigenvalue weighted by Gasteiger charge is 2.31. The number of hydrogen-bond donors (Lipinski definition) is 1. The molecule has 1 aliphatic carbocycles. The Hall–Kier alpha value is -0.880. The molecule has 0 unspecified atom stereocenters. The molecule has 0 amide bonds. The van der Waals surface area contributed by atoms with Gasteiger partial charge in [-0.2, -0.15) is 5.10 Å². The van der Waals surface area contributed by atoms with Crippen LogP contribution in [0.1, 0.15) is 24.6 Å². The summed E-state index contributed by atoms with van der Waals surface area (Å²) in [6, 6.07) is 0. The van der Waals surface area contributed by atoms with E-state index in [0.29, 0.717) is 5.92 Å². The van der Waals surface area contributed by atoms with Crippen LogP contribution in [0, 0.1) is 4.77 Å². The van der Waals surface area contributed by atoms with E-state index in [9.17, 15) is 0 Å². The number of aromatic amines is 1. The Labute approximate surface area is 100 Å². The normalized spacial score (nSPS) is 22.7. The van der Waals surface area contributed by atoms with Gasteiger partial charge >= 0.3 is 0 Å². The quantitative estimate of drug-likeness (QED) is 0.771. The Morgan fingerprint density at radius 3 is 2.56 bits per heavy atom. The smallest absolute Gasteiger partial charge is 0.214 e. The first-order valence-corrected chi connectivity index (χ1v) is 6.27. The van der Waals surface area contributed by atoms with E-state index in [1.54, 1.807) is 0 Å². The highest BCUT2D eigenvalue weighted by molar-refractivity contribution is 7.71. The van der Waals surface area contributed by atoms with Crippen LogP contribution in [0.15, 0.2) is 0 Å². The predicted molar refractivity (Wildman–Crippen MR) is 64.8 cm³/mol. The average Bonchev–Trinajstić information content (AvgIpc) is 3.05. The standard InChI is InChI=1S/C10H17N5S/c1-13-4-6-14(7-5-13)15-9(8-2-3-8)11-12-10(15)16/h8H,2-7H2,1H3,(H,12,16). The van der Waals surface area contributed by atoms with Crippen molar-refractivity contribution in [3.63, 3.8) is 0 Å². The van der Waals surface area contributed by atoms with Gasteiger partial charge in [0.15, 0.2) is 5.82 Å². The third-order valence-electron chi connectivity index (χ3n) is 3.38. The Kier molecular flexibility index (Phi) is 2.48. The molecule has 16 heavy (non-hydrogen) atoms. The van der Waals surface area contributed by atoms with Gasteiger partial charge in [-0.3, -0.25) is 5.10 Å². The molecule has 1 saturated heterocycles. The van der Waals surface area contributed by atoms with E-state index in [1.165, 1.54) is 12.8 Å². The van der Waals surface area contributed by atoms with Crippen molar-refractivity contribution < 1.29 is 0 Å². The minimum atomic E-state index is 0.632. The molecule has 1 saturated carbocycles. The Bertz CT molecular complexity index is 425. The molecule has 1 aliphatic heterocycles. The summed E-state index contributed by atoms with van der Waals surface area (Å²) >= 11 is 5.32. The fourth-order valence-corrected chi connectivity index (χ4v) is 2.43. The molecule has 5 nitrogen and oxygen atoms in total. The second-order valence-electron chi connectivity index (χ2n) is 4.73. The number of nitrogens with zero attached hydrogens (tertiary/aromatic N) is 4. The molecule has 1 aromatic heterocycles. The van der Waals surface area contributed by atoms with Crippen molar-refractivity contribution in [2.75, 3.05) is 38.2 Å². The van der Waals surface area contributed by atoms with Crippen LogP contribution in [-0.2, 0) is 0 Å². The molecule has 2 heterocycles. The average molecular weight is 239 g/mol. The van der Waals surface area contributed by atoms with Gasteiger partial charge in [0, 0.05) is 32.1 Å². The first-order valence-electron chi connectivity index (χ1n) is 5.87. The zero-order valence-corrected chi connectivity index (χ0v) is 10.3. The second-order valence-corrected chi connectivity index (χ2v) is 5.12. The van der Waals surface area contributed by atoms with E-state index >= 15 is 0 Å². The lowest BCUT2D eigenvalue weighted by atomic mass is 10.4. The number of rotatable bonds is 2. The summed E-state index contributed by atoms with van der Waals surface area (Å²) in [5.41, 5.74) is 0. The Morgan fingerprint density at radius 2 is 1.94 bits per heavy atom.